The van der Waals surface area contributed by atoms with Crippen molar-refractivity contribution in [3.05, 3.63) is 23.8 Å². The lowest BCUT2D eigenvalue weighted by Crippen LogP contribution is -2.30. The van der Waals surface area contributed by atoms with Gasteiger partial charge in [0.1, 0.15) is 0 Å². The molecule has 0 amide bonds. The number of unbranched alkanes of at least 4 members (excludes halogenated alkanes) is 28. The van der Waals surface area contributed by atoms with Gasteiger partial charge in [0.2, 0.25) is 0 Å². The topological polar surface area (TPSA) is 59.1 Å². The lowest BCUT2D eigenvalue weighted by Gasteiger charge is -2.23. The number of hydrogen-bond donors (Lipinski definition) is 0. The summed E-state index contributed by atoms with van der Waals surface area (Å²) >= 11 is 0. The quantitative estimate of drug-likeness (QED) is 0.0454. The Morgan fingerprint density at radius 1 is 0.464 bits per heavy atom. The van der Waals surface area contributed by atoms with Crippen molar-refractivity contribution in [1.29, 1.82) is 0 Å². The molecule has 0 spiro atoms. The van der Waals surface area contributed by atoms with Crippen LogP contribution < -0.4 is 0 Å². The van der Waals surface area contributed by atoms with E-state index in [2.05, 4.69) is 39.8 Å². The van der Waals surface area contributed by atoms with Crippen molar-refractivity contribution in [2.75, 3.05) is 26.2 Å². The Labute approximate surface area is 348 Å². The molecule has 0 N–H and O–H groups in total. The highest BCUT2D eigenvalue weighted by atomic mass is 16.7. The fourth-order valence-electron chi connectivity index (χ4n) is 7.82. The minimum absolute atomic E-state index is 0.107. The van der Waals surface area contributed by atoms with Crippen LogP contribution in [0.25, 0.3) is 0 Å². The van der Waals surface area contributed by atoms with Crippen molar-refractivity contribution in [3.63, 3.8) is 0 Å². The van der Waals surface area contributed by atoms with E-state index in [1.165, 1.54) is 180 Å². The average Bonchev–Trinajstić information content (AvgIpc) is 3.19. The summed E-state index contributed by atoms with van der Waals surface area (Å²) in [4.78, 5) is 38.3. The molecule has 0 radical (unpaired) electrons. The first-order valence-corrected chi connectivity index (χ1v) is 24.8. The van der Waals surface area contributed by atoms with Crippen molar-refractivity contribution in [3.8, 4) is 0 Å². The van der Waals surface area contributed by atoms with Crippen LogP contribution in [0.15, 0.2) is 23.8 Å². The van der Waals surface area contributed by atoms with Gasteiger partial charge in [-0.2, -0.15) is 0 Å². The number of allylic oxidation sites excluding steroid dienone is 3. The number of hydrogen-bond acceptors (Lipinski definition) is 6. The molecule has 0 fully saturated rings. The van der Waals surface area contributed by atoms with Crippen molar-refractivity contribution >= 4 is 11.9 Å². The Bertz CT molecular complexity index is 909. The van der Waals surface area contributed by atoms with E-state index in [9.17, 15) is 9.59 Å². The molecular weight excluding hydrogens is 693 g/mol. The first-order chi connectivity index (χ1) is 27.5. The van der Waals surface area contributed by atoms with Gasteiger partial charge in [-0.1, -0.05) is 226 Å². The van der Waals surface area contributed by atoms with Gasteiger partial charge in [-0.3, -0.25) is 4.79 Å². The molecule has 1 unspecified atom stereocenters. The summed E-state index contributed by atoms with van der Waals surface area (Å²) in [6, 6.07) is 0. The molecule has 0 saturated carbocycles. The van der Waals surface area contributed by atoms with E-state index in [1.807, 2.05) is 16.2 Å². The third kappa shape index (κ3) is 33.3. The van der Waals surface area contributed by atoms with E-state index in [0.717, 1.165) is 63.9 Å². The Kier molecular flexibility index (Phi) is 37.5. The van der Waals surface area contributed by atoms with Crippen LogP contribution in [0.1, 0.15) is 252 Å². The third-order valence-corrected chi connectivity index (χ3v) is 11.5. The van der Waals surface area contributed by atoms with E-state index in [-0.39, 0.29) is 24.3 Å². The van der Waals surface area contributed by atoms with Gasteiger partial charge in [-0.05, 0) is 43.6 Å². The Morgan fingerprint density at radius 2 is 0.768 bits per heavy atom. The van der Waals surface area contributed by atoms with Crippen molar-refractivity contribution in [1.82, 2.24) is 10.1 Å². The summed E-state index contributed by atoms with van der Waals surface area (Å²) in [6.07, 6.45) is 48.5. The number of nitrogens with zero attached hydrogens (tertiary/aromatic N) is 2. The van der Waals surface area contributed by atoms with Crippen molar-refractivity contribution in [2.45, 2.75) is 252 Å². The van der Waals surface area contributed by atoms with Gasteiger partial charge in [0.15, 0.2) is 0 Å². The fraction of sp³-hybridized carbons (Fsp3) is 0.880. The smallest absolute Gasteiger partial charge is 0.329 e. The van der Waals surface area contributed by atoms with E-state index in [0.29, 0.717) is 6.42 Å². The molecular formula is C50H94N2O4. The maximum absolute atomic E-state index is 13.1. The molecule has 0 aromatic heterocycles. The molecule has 1 atom stereocenters. The fourth-order valence-corrected chi connectivity index (χ4v) is 7.82. The SMILES string of the molecule is CCCCCCCCCCN(CCCCCCCCCC)OC(=O)CC1=CCC(CC(=O)ON(CCCCCCCCCC)CCCCCCCCCC)C=C1. The first kappa shape index (κ1) is 52.4. The number of hydroxylamine groups is 4. The summed E-state index contributed by atoms with van der Waals surface area (Å²) in [7, 11) is 0. The standard InChI is InChI=1S/C50H94N2O4/c1-5-9-13-17-21-25-29-33-41-51(42-34-30-26-22-18-14-10-6-2)55-49(53)45-47-37-39-48(40-38-47)46-50(54)56-52(43-35-31-27-23-19-15-11-7-3)44-36-32-28-24-20-16-12-8-4/h37-39,48H,5-36,40-46H2,1-4H3. The van der Waals surface area contributed by atoms with Crippen LogP contribution in [0, 0.1) is 5.92 Å². The summed E-state index contributed by atoms with van der Waals surface area (Å²) in [6.45, 7) is 12.4. The Balaban J connectivity index is 2.52. The lowest BCUT2D eigenvalue weighted by atomic mass is 9.93. The summed E-state index contributed by atoms with van der Waals surface area (Å²) in [5, 5.41) is 3.92. The van der Waals surface area contributed by atoms with Gasteiger partial charge in [0.05, 0.1) is 12.8 Å². The molecule has 328 valence electrons. The molecule has 1 aliphatic rings. The number of carbonyl (C=O) groups is 2. The maximum atomic E-state index is 13.1. The van der Waals surface area contributed by atoms with Gasteiger partial charge in [-0.25, -0.2) is 4.79 Å². The molecule has 0 heterocycles. The highest BCUT2D eigenvalue weighted by Crippen LogP contribution is 2.23. The molecule has 0 aromatic carbocycles. The van der Waals surface area contributed by atoms with Gasteiger partial charge in [0, 0.05) is 26.2 Å². The Hall–Kier alpha value is -1.66. The van der Waals surface area contributed by atoms with Crippen LogP contribution in [0.2, 0.25) is 0 Å². The zero-order valence-corrected chi connectivity index (χ0v) is 37.9. The van der Waals surface area contributed by atoms with Gasteiger partial charge in [-0.15, -0.1) is 10.1 Å². The maximum Gasteiger partial charge on any atom is 0.329 e. The van der Waals surface area contributed by atoms with Crippen LogP contribution in [-0.2, 0) is 19.3 Å². The lowest BCUT2D eigenvalue weighted by molar-refractivity contribution is -0.192. The molecule has 0 bridgehead atoms. The van der Waals surface area contributed by atoms with Gasteiger partial charge in [0.25, 0.3) is 0 Å². The van der Waals surface area contributed by atoms with E-state index < -0.39 is 0 Å². The molecule has 6 nitrogen and oxygen atoms in total. The Morgan fingerprint density at radius 3 is 1.07 bits per heavy atom. The predicted molar refractivity (Wildman–Crippen MR) is 240 cm³/mol. The van der Waals surface area contributed by atoms with Crippen molar-refractivity contribution < 1.29 is 19.3 Å². The summed E-state index contributed by atoms with van der Waals surface area (Å²) in [5.41, 5.74) is 0.991. The highest BCUT2D eigenvalue weighted by Gasteiger charge is 2.20. The average molecular weight is 787 g/mol. The minimum atomic E-state index is -0.171. The third-order valence-electron chi connectivity index (χ3n) is 11.5. The highest BCUT2D eigenvalue weighted by molar-refractivity contribution is 5.73. The van der Waals surface area contributed by atoms with Crippen LogP contribution in [0.5, 0.6) is 0 Å². The second kappa shape index (κ2) is 40.1. The summed E-state index contributed by atoms with van der Waals surface area (Å²) < 4.78 is 0. The summed E-state index contributed by atoms with van der Waals surface area (Å²) in [5.74, 6) is -0.196. The molecule has 0 aromatic rings. The molecule has 0 saturated heterocycles. The number of rotatable bonds is 42. The zero-order valence-electron chi connectivity index (χ0n) is 37.9. The minimum Gasteiger partial charge on any atom is -0.368 e. The van der Waals surface area contributed by atoms with Crippen LogP contribution in [0.4, 0.5) is 0 Å². The molecule has 1 aliphatic carbocycles. The number of carbonyl (C=O) groups excluding carboxylic acids is 2. The van der Waals surface area contributed by atoms with Gasteiger partial charge < -0.3 is 9.68 Å². The van der Waals surface area contributed by atoms with E-state index >= 15 is 0 Å². The van der Waals surface area contributed by atoms with E-state index in [4.69, 9.17) is 9.68 Å². The van der Waals surface area contributed by atoms with E-state index in [1.54, 1.807) is 0 Å². The molecule has 0 aliphatic heterocycles. The molecule has 56 heavy (non-hydrogen) atoms. The largest absolute Gasteiger partial charge is 0.368 e. The first-order valence-electron chi connectivity index (χ1n) is 24.8. The predicted octanol–water partition coefficient (Wildman–Crippen LogP) is 15.4. The molecule has 1 rings (SSSR count). The second-order valence-corrected chi connectivity index (χ2v) is 17.2. The molecule has 6 heteroatoms. The second-order valence-electron chi connectivity index (χ2n) is 17.2. The van der Waals surface area contributed by atoms with Crippen molar-refractivity contribution in [2.24, 2.45) is 5.92 Å². The van der Waals surface area contributed by atoms with Crippen LogP contribution in [0.3, 0.4) is 0 Å². The monoisotopic (exact) mass is 787 g/mol. The van der Waals surface area contributed by atoms with Crippen LogP contribution >= 0.6 is 0 Å². The zero-order chi connectivity index (χ0) is 40.6. The normalized spacial score (nSPS) is 14.2. The van der Waals surface area contributed by atoms with Gasteiger partial charge >= 0.3 is 11.9 Å². The van der Waals surface area contributed by atoms with Crippen LogP contribution in [-0.4, -0.2) is 48.2 Å².